The minimum atomic E-state index is -0.113. The van der Waals surface area contributed by atoms with Crippen LogP contribution in [0.25, 0.3) is 0 Å². The SMILES string of the molecule is Cc1ccc(CNC[B]OCCC(C)(C)OCCC(C)C)cc1. The lowest BCUT2D eigenvalue weighted by atomic mass is 10.0. The summed E-state index contributed by atoms with van der Waals surface area (Å²) in [6, 6.07) is 8.58. The average molecular weight is 318 g/mol. The number of benzene rings is 1. The minimum Gasteiger partial charge on any atom is -0.439 e. The molecule has 1 radical (unpaired) electrons. The van der Waals surface area contributed by atoms with Crippen LogP contribution in [0, 0.1) is 12.8 Å². The second kappa shape index (κ2) is 10.8. The smallest absolute Gasteiger partial charge is 0.307 e. The van der Waals surface area contributed by atoms with E-state index in [9.17, 15) is 0 Å². The molecule has 0 heterocycles. The lowest BCUT2D eigenvalue weighted by molar-refractivity contribution is -0.0345. The third kappa shape index (κ3) is 10.5. The van der Waals surface area contributed by atoms with Crippen molar-refractivity contribution in [3.8, 4) is 0 Å². The molecule has 0 aliphatic heterocycles. The van der Waals surface area contributed by atoms with E-state index < -0.39 is 0 Å². The molecule has 0 saturated carbocycles. The zero-order chi connectivity index (χ0) is 17.1. The maximum atomic E-state index is 5.93. The van der Waals surface area contributed by atoms with E-state index in [1.54, 1.807) is 0 Å². The molecule has 1 aromatic rings. The first kappa shape index (κ1) is 20.2. The average Bonchev–Trinajstić information content (AvgIpc) is 2.47. The van der Waals surface area contributed by atoms with Crippen LogP contribution >= 0.6 is 0 Å². The molecule has 0 saturated heterocycles. The van der Waals surface area contributed by atoms with E-state index in [1.807, 2.05) is 7.48 Å². The van der Waals surface area contributed by atoms with Crippen LogP contribution in [0.2, 0.25) is 0 Å². The largest absolute Gasteiger partial charge is 0.439 e. The molecule has 0 aliphatic carbocycles. The monoisotopic (exact) mass is 318 g/mol. The Morgan fingerprint density at radius 3 is 2.48 bits per heavy atom. The van der Waals surface area contributed by atoms with Crippen LogP contribution in [0.4, 0.5) is 0 Å². The molecule has 0 atom stereocenters. The molecule has 4 heteroatoms. The number of aryl methyl sites for hydroxylation is 1. The van der Waals surface area contributed by atoms with Crippen molar-refractivity contribution in [3.05, 3.63) is 35.4 Å². The maximum Gasteiger partial charge on any atom is 0.307 e. The number of nitrogens with one attached hydrogen (secondary N) is 1. The molecule has 0 aromatic heterocycles. The summed E-state index contributed by atoms with van der Waals surface area (Å²) in [6.07, 6.45) is 2.77. The van der Waals surface area contributed by atoms with Gasteiger partial charge < -0.3 is 14.7 Å². The molecule has 3 nitrogen and oxygen atoms in total. The van der Waals surface area contributed by atoms with Gasteiger partial charge in [0.15, 0.2) is 0 Å². The Kier molecular flexibility index (Phi) is 9.53. The molecule has 129 valence electrons. The summed E-state index contributed by atoms with van der Waals surface area (Å²) in [7, 11) is 1.85. The molecule has 1 rings (SSSR count). The highest BCUT2D eigenvalue weighted by Gasteiger charge is 2.17. The topological polar surface area (TPSA) is 30.5 Å². The lowest BCUT2D eigenvalue weighted by Gasteiger charge is -2.25. The van der Waals surface area contributed by atoms with Crippen molar-refractivity contribution in [3.63, 3.8) is 0 Å². The van der Waals surface area contributed by atoms with Crippen LogP contribution in [-0.4, -0.2) is 32.7 Å². The third-order valence-corrected chi connectivity index (χ3v) is 3.81. The van der Waals surface area contributed by atoms with Gasteiger partial charge in [-0.1, -0.05) is 43.7 Å². The predicted octanol–water partition coefficient (Wildman–Crippen LogP) is 3.91. The number of rotatable bonds is 12. The van der Waals surface area contributed by atoms with Gasteiger partial charge in [0.25, 0.3) is 0 Å². The Balaban J connectivity index is 2.00. The van der Waals surface area contributed by atoms with Crippen LogP contribution in [-0.2, 0) is 15.9 Å². The van der Waals surface area contributed by atoms with Gasteiger partial charge in [-0.3, -0.25) is 0 Å². The van der Waals surface area contributed by atoms with Crippen molar-refractivity contribution in [2.24, 2.45) is 5.92 Å². The van der Waals surface area contributed by atoms with Crippen molar-refractivity contribution < 1.29 is 9.39 Å². The standard InChI is InChI=1S/C19H33BNO2/c1-16(2)10-12-22-19(4,5)11-13-23-20-15-21-14-18-8-6-17(3)7-9-18/h6-9,16,21H,10-15H2,1-5H3. The van der Waals surface area contributed by atoms with Gasteiger partial charge in [0.1, 0.15) is 0 Å². The van der Waals surface area contributed by atoms with E-state index in [0.29, 0.717) is 12.5 Å². The normalized spacial score (nSPS) is 11.9. The predicted molar refractivity (Wildman–Crippen MR) is 98.7 cm³/mol. The van der Waals surface area contributed by atoms with E-state index in [-0.39, 0.29) is 5.60 Å². The first-order valence-corrected chi connectivity index (χ1v) is 8.72. The summed E-state index contributed by atoms with van der Waals surface area (Å²) in [5.41, 5.74) is 2.48. The lowest BCUT2D eigenvalue weighted by Crippen LogP contribution is -2.29. The van der Waals surface area contributed by atoms with Gasteiger partial charge in [-0.25, -0.2) is 0 Å². The number of ether oxygens (including phenoxy) is 1. The summed E-state index contributed by atoms with van der Waals surface area (Å²) in [5, 5.41) is 3.35. The Bertz CT molecular complexity index is 418. The molecule has 0 bridgehead atoms. The fourth-order valence-corrected chi connectivity index (χ4v) is 2.07. The molecule has 0 amide bonds. The molecule has 1 aromatic carbocycles. The maximum absolute atomic E-state index is 5.93. The molecule has 1 N–H and O–H groups in total. The van der Waals surface area contributed by atoms with E-state index in [0.717, 1.165) is 32.4 Å². The van der Waals surface area contributed by atoms with Gasteiger partial charge in [-0.05, 0) is 51.5 Å². The molecular formula is C19H33BNO2. The van der Waals surface area contributed by atoms with Crippen molar-refractivity contribution in [2.75, 3.05) is 19.7 Å². The zero-order valence-electron chi connectivity index (χ0n) is 15.5. The molecule has 0 spiro atoms. The first-order chi connectivity index (χ1) is 10.9. The molecular weight excluding hydrogens is 285 g/mol. The summed E-state index contributed by atoms with van der Waals surface area (Å²) in [5.74, 6) is 0.690. The van der Waals surface area contributed by atoms with Crippen LogP contribution < -0.4 is 5.32 Å². The highest BCUT2D eigenvalue weighted by Crippen LogP contribution is 2.15. The van der Waals surface area contributed by atoms with Crippen LogP contribution in [0.15, 0.2) is 24.3 Å². The Hall–Kier alpha value is -0.835. The Morgan fingerprint density at radius 1 is 1.13 bits per heavy atom. The van der Waals surface area contributed by atoms with Gasteiger partial charge in [0.2, 0.25) is 0 Å². The fourth-order valence-electron chi connectivity index (χ4n) is 2.07. The Labute approximate surface area is 143 Å². The van der Waals surface area contributed by atoms with Gasteiger partial charge >= 0.3 is 7.48 Å². The van der Waals surface area contributed by atoms with E-state index in [2.05, 4.69) is 64.2 Å². The second-order valence-corrected chi connectivity index (χ2v) is 7.19. The number of hydrogen-bond donors (Lipinski definition) is 1. The van der Waals surface area contributed by atoms with Gasteiger partial charge in [-0.15, -0.1) is 0 Å². The second-order valence-electron chi connectivity index (χ2n) is 7.19. The molecule has 23 heavy (non-hydrogen) atoms. The van der Waals surface area contributed by atoms with E-state index in [4.69, 9.17) is 9.39 Å². The first-order valence-electron chi connectivity index (χ1n) is 8.72. The summed E-state index contributed by atoms with van der Waals surface area (Å²) in [6.45, 7) is 13.2. The Morgan fingerprint density at radius 2 is 1.83 bits per heavy atom. The van der Waals surface area contributed by atoms with Gasteiger partial charge in [0.05, 0.1) is 5.60 Å². The van der Waals surface area contributed by atoms with Crippen molar-refractivity contribution in [1.29, 1.82) is 0 Å². The van der Waals surface area contributed by atoms with Crippen LogP contribution in [0.5, 0.6) is 0 Å². The highest BCUT2D eigenvalue weighted by atomic mass is 16.5. The van der Waals surface area contributed by atoms with Crippen LogP contribution in [0.1, 0.15) is 51.7 Å². The molecule has 0 unspecified atom stereocenters. The summed E-state index contributed by atoms with van der Waals surface area (Å²) < 4.78 is 11.5. The van der Waals surface area contributed by atoms with Crippen LogP contribution in [0.3, 0.4) is 0 Å². The molecule has 0 aliphatic rings. The van der Waals surface area contributed by atoms with Crippen molar-refractivity contribution >= 4 is 7.48 Å². The van der Waals surface area contributed by atoms with E-state index >= 15 is 0 Å². The summed E-state index contributed by atoms with van der Waals surface area (Å²) in [4.78, 5) is 0. The molecule has 0 fully saturated rings. The highest BCUT2D eigenvalue weighted by molar-refractivity contribution is 6.27. The zero-order valence-corrected chi connectivity index (χ0v) is 15.5. The summed E-state index contributed by atoms with van der Waals surface area (Å²) >= 11 is 0. The quantitative estimate of drug-likeness (QED) is 0.468. The van der Waals surface area contributed by atoms with E-state index in [1.165, 1.54) is 11.1 Å². The fraction of sp³-hybridized carbons (Fsp3) is 0.684. The minimum absolute atomic E-state index is 0.113. The van der Waals surface area contributed by atoms with Gasteiger partial charge in [0, 0.05) is 19.8 Å². The van der Waals surface area contributed by atoms with Crippen molar-refractivity contribution in [2.45, 2.75) is 59.6 Å². The number of hydrogen-bond acceptors (Lipinski definition) is 3. The third-order valence-electron chi connectivity index (χ3n) is 3.81. The van der Waals surface area contributed by atoms with Crippen molar-refractivity contribution in [1.82, 2.24) is 5.32 Å². The van der Waals surface area contributed by atoms with Gasteiger partial charge in [-0.2, -0.15) is 0 Å².